The Kier molecular flexibility index (Phi) is 5.47. The molecule has 0 saturated carbocycles. The van der Waals surface area contributed by atoms with Gasteiger partial charge in [0.2, 0.25) is 0 Å². The largest absolute Gasteiger partial charge is 0.508 e. The molecule has 0 aliphatic heterocycles. The molecular formula is C21H20F3NO3. The van der Waals surface area contributed by atoms with E-state index in [0.29, 0.717) is 17.5 Å². The van der Waals surface area contributed by atoms with Gasteiger partial charge in [-0.05, 0) is 49.7 Å². The molecule has 0 aliphatic carbocycles. The Morgan fingerprint density at radius 2 is 1.82 bits per heavy atom. The highest BCUT2D eigenvalue weighted by Gasteiger charge is 2.33. The van der Waals surface area contributed by atoms with Crippen LogP contribution in [0.5, 0.6) is 5.75 Å². The molecule has 0 spiro atoms. The lowest BCUT2D eigenvalue weighted by atomic mass is 9.99. The minimum absolute atomic E-state index is 0.0155. The summed E-state index contributed by atoms with van der Waals surface area (Å²) < 4.78 is 44.8. The molecule has 0 bridgehead atoms. The summed E-state index contributed by atoms with van der Waals surface area (Å²) in [5.74, 6) is -0.0155. The minimum atomic E-state index is -4.40. The van der Waals surface area contributed by atoms with Gasteiger partial charge < -0.3 is 9.52 Å². The Balaban J connectivity index is 1.84. The average Bonchev–Trinajstić information content (AvgIpc) is 2.60. The van der Waals surface area contributed by atoms with E-state index >= 15 is 0 Å². The molecule has 4 nitrogen and oxygen atoms in total. The van der Waals surface area contributed by atoms with Crippen LogP contribution in [0.1, 0.15) is 23.6 Å². The quantitative estimate of drug-likeness (QED) is 0.647. The Morgan fingerprint density at radius 3 is 2.54 bits per heavy atom. The number of benzene rings is 2. The van der Waals surface area contributed by atoms with Crippen LogP contribution in [0.15, 0.2) is 57.7 Å². The van der Waals surface area contributed by atoms with E-state index in [1.165, 1.54) is 30.3 Å². The first-order valence-electron chi connectivity index (χ1n) is 8.76. The second-order valence-corrected chi connectivity index (χ2v) is 6.89. The summed E-state index contributed by atoms with van der Waals surface area (Å²) in [7, 11) is 1.79. The topological polar surface area (TPSA) is 53.7 Å². The van der Waals surface area contributed by atoms with Crippen LogP contribution in [0, 0.1) is 0 Å². The zero-order chi connectivity index (χ0) is 20.5. The first-order valence-corrected chi connectivity index (χ1v) is 8.76. The van der Waals surface area contributed by atoms with Gasteiger partial charge in [-0.25, -0.2) is 4.79 Å². The number of nitrogens with zero attached hydrogens (tertiary/aromatic N) is 1. The van der Waals surface area contributed by atoms with E-state index < -0.39 is 17.4 Å². The average molecular weight is 391 g/mol. The predicted octanol–water partition coefficient (Wildman–Crippen LogP) is 4.58. The number of aromatic hydroxyl groups is 1. The number of alkyl halides is 3. The van der Waals surface area contributed by atoms with E-state index in [0.717, 1.165) is 6.07 Å². The van der Waals surface area contributed by atoms with Crippen LogP contribution in [-0.4, -0.2) is 23.1 Å². The van der Waals surface area contributed by atoms with E-state index in [2.05, 4.69) is 0 Å². The van der Waals surface area contributed by atoms with Crippen molar-refractivity contribution in [2.45, 2.75) is 32.1 Å². The molecule has 7 heteroatoms. The van der Waals surface area contributed by atoms with Gasteiger partial charge in [-0.2, -0.15) is 13.2 Å². The van der Waals surface area contributed by atoms with E-state index in [9.17, 15) is 23.1 Å². The first kappa shape index (κ1) is 19.9. The number of rotatable bonds is 5. The third-order valence-corrected chi connectivity index (χ3v) is 4.82. The molecule has 1 atom stereocenters. The van der Waals surface area contributed by atoms with Crippen molar-refractivity contribution in [2.24, 2.45) is 0 Å². The Morgan fingerprint density at radius 1 is 1.11 bits per heavy atom. The Bertz CT molecular complexity index is 1040. The lowest BCUT2D eigenvalue weighted by Crippen LogP contribution is -2.31. The van der Waals surface area contributed by atoms with Crippen LogP contribution in [0.2, 0.25) is 0 Å². The maximum atomic E-state index is 13.2. The highest BCUT2D eigenvalue weighted by Crippen LogP contribution is 2.32. The van der Waals surface area contributed by atoms with Crippen molar-refractivity contribution in [3.05, 3.63) is 75.6 Å². The summed E-state index contributed by atoms with van der Waals surface area (Å²) in [6, 6.07) is 11.2. The third kappa shape index (κ3) is 4.36. The Hall–Kier alpha value is -2.80. The van der Waals surface area contributed by atoms with Crippen molar-refractivity contribution in [3.8, 4) is 5.75 Å². The van der Waals surface area contributed by atoms with Crippen LogP contribution >= 0.6 is 0 Å². The van der Waals surface area contributed by atoms with Gasteiger partial charge in [-0.15, -0.1) is 0 Å². The van der Waals surface area contributed by atoms with Gasteiger partial charge in [0.05, 0.1) is 5.56 Å². The van der Waals surface area contributed by atoms with Crippen molar-refractivity contribution >= 4 is 11.0 Å². The number of halogens is 3. The van der Waals surface area contributed by atoms with Gasteiger partial charge in [0.15, 0.2) is 0 Å². The first-order chi connectivity index (χ1) is 13.1. The molecule has 0 amide bonds. The number of phenolic OH excluding ortho intramolecular Hbond substituents is 1. The zero-order valence-electron chi connectivity index (χ0n) is 15.5. The Labute approximate surface area is 159 Å². The van der Waals surface area contributed by atoms with Gasteiger partial charge >= 0.3 is 11.8 Å². The van der Waals surface area contributed by atoms with Crippen molar-refractivity contribution in [1.82, 2.24) is 4.90 Å². The van der Waals surface area contributed by atoms with Crippen LogP contribution in [0.25, 0.3) is 11.0 Å². The van der Waals surface area contributed by atoms with Crippen LogP contribution in [-0.2, 0) is 19.1 Å². The summed E-state index contributed by atoms with van der Waals surface area (Å²) in [6.45, 7) is 2.19. The highest BCUT2D eigenvalue weighted by atomic mass is 19.4. The molecule has 0 saturated heterocycles. The number of hydrogen-bond donors (Lipinski definition) is 1. The molecule has 0 aliphatic rings. The summed E-state index contributed by atoms with van der Waals surface area (Å²) in [5, 5.41) is 10.2. The van der Waals surface area contributed by atoms with Crippen LogP contribution in [0.4, 0.5) is 13.2 Å². The third-order valence-electron chi connectivity index (χ3n) is 4.82. The van der Waals surface area contributed by atoms with E-state index in [1.807, 2.05) is 11.8 Å². The molecule has 28 heavy (non-hydrogen) atoms. The fourth-order valence-corrected chi connectivity index (χ4v) is 3.22. The van der Waals surface area contributed by atoms with Crippen molar-refractivity contribution in [3.63, 3.8) is 0 Å². The molecule has 3 aromatic rings. The lowest BCUT2D eigenvalue weighted by Gasteiger charge is -2.26. The molecule has 3 rings (SSSR count). The summed E-state index contributed by atoms with van der Waals surface area (Å²) >= 11 is 0. The van der Waals surface area contributed by atoms with E-state index in [-0.39, 0.29) is 29.4 Å². The molecule has 2 aromatic carbocycles. The number of hydrogen-bond acceptors (Lipinski definition) is 4. The maximum Gasteiger partial charge on any atom is 0.416 e. The smallest absolute Gasteiger partial charge is 0.416 e. The second kappa shape index (κ2) is 7.67. The second-order valence-electron chi connectivity index (χ2n) is 6.89. The van der Waals surface area contributed by atoms with Gasteiger partial charge in [-0.3, -0.25) is 4.90 Å². The zero-order valence-corrected chi connectivity index (χ0v) is 15.5. The van der Waals surface area contributed by atoms with Gasteiger partial charge in [0.1, 0.15) is 11.3 Å². The SMILES string of the molecule is CC(Cc1ccccc1C(F)(F)F)N(C)Cc1cc(=O)oc2cc(O)ccc12. The maximum absolute atomic E-state index is 13.2. The van der Waals surface area contributed by atoms with E-state index in [4.69, 9.17) is 4.42 Å². The number of phenols is 1. The van der Waals surface area contributed by atoms with Gasteiger partial charge in [0, 0.05) is 30.1 Å². The summed E-state index contributed by atoms with van der Waals surface area (Å²) in [6.07, 6.45) is -4.18. The monoisotopic (exact) mass is 391 g/mol. The molecule has 1 unspecified atom stereocenters. The lowest BCUT2D eigenvalue weighted by molar-refractivity contribution is -0.138. The summed E-state index contributed by atoms with van der Waals surface area (Å²) in [4.78, 5) is 13.7. The standard InChI is InChI=1S/C21H20F3NO3/c1-13(9-14-5-3-4-6-18(14)21(22,23)24)25(2)12-15-10-20(27)28-19-11-16(26)7-8-17(15)19/h3-8,10-11,13,26H,9,12H2,1-2H3. The molecule has 1 aromatic heterocycles. The van der Waals surface area contributed by atoms with Crippen molar-refractivity contribution < 1.29 is 22.7 Å². The van der Waals surface area contributed by atoms with Crippen LogP contribution in [0.3, 0.4) is 0 Å². The summed E-state index contributed by atoms with van der Waals surface area (Å²) in [5.41, 5.74) is 0.0143. The van der Waals surface area contributed by atoms with Crippen LogP contribution < -0.4 is 5.63 Å². The van der Waals surface area contributed by atoms with Gasteiger partial charge in [0.25, 0.3) is 0 Å². The molecule has 0 radical (unpaired) electrons. The molecule has 1 N–H and O–H groups in total. The highest BCUT2D eigenvalue weighted by molar-refractivity contribution is 5.81. The molecule has 0 fully saturated rings. The predicted molar refractivity (Wildman–Crippen MR) is 100 cm³/mol. The fourth-order valence-electron chi connectivity index (χ4n) is 3.22. The van der Waals surface area contributed by atoms with E-state index in [1.54, 1.807) is 19.2 Å². The fraction of sp³-hybridized carbons (Fsp3) is 0.286. The van der Waals surface area contributed by atoms with Crippen molar-refractivity contribution in [1.29, 1.82) is 0 Å². The number of likely N-dealkylation sites (N-methyl/N-ethyl adjacent to an activating group) is 1. The number of fused-ring (bicyclic) bond motifs is 1. The normalized spacial score (nSPS) is 13.2. The van der Waals surface area contributed by atoms with Gasteiger partial charge in [-0.1, -0.05) is 18.2 Å². The molecular weight excluding hydrogens is 371 g/mol. The molecule has 1 heterocycles. The van der Waals surface area contributed by atoms with Crippen molar-refractivity contribution in [2.75, 3.05) is 7.05 Å². The minimum Gasteiger partial charge on any atom is -0.508 e. The molecule has 148 valence electrons.